The summed E-state index contributed by atoms with van der Waals surface area (Å²) in [7, 11) is 0. The molecule has 0 aliphatic rings. The third-order valence-corrected chi connectivity index (χ3v) is 3.28. The zero-order chi connectivity index (χ0) is 16.8. The van der Waals surface area contributed by atoms with Gasteiger partial charge in [-0.1, -0.05) is 29.8 Å². The van der Waals surface area contributed by atoms with Crippen LogP contribution in [0.4, 0.5) is 0 Å². The van der Waals surface area contributed by atoms with E-state index in [9.17, 15) is 4.79 Å². The second-order valence-corrected chi connectivity index (χ2v) is 5.24. The Labute approximate surface area is 143 Å². The smallest absolute Gasteiger partial charge is 0.332 e. The Hall–Kier alpha value is -2.99. The summed E-state index contributed by atoms with van der Waals surface area (Å²) in [6.45, 7) is 0.120. The van der Waals surface area contributed by atoms with Crippen molar-refractivity contribution in [3.8, 4) is 11.4 Å². The first-order valence-corrected chi connectivity index (χ1v) is 7.50. The van der Waals surface area contributed by atoms with E-state index in [4.69, 9.17) is 16.3 Å². The molecule has 0 spiro atoms. The predicted molar refractivity (Wildman–Crippen MR) is 89.8 cm³/mol. The Balaban J connectivity index is 1.59. The molecule has 0 saturated carbocycles. The molecule has 0 radical (unpaired) electrons. The quantitative estimate of drug-likeness (QED) is 0.527. The van der Waals surface area contributed by atoms with E-state index in [0.717, 1.165) is 5.56 Å². The Bertz CT molecular complexity index is 862. The van der Waals surface area contributed by atoms with Crippen LogP contribution in [-0.2, 0) is 16.1 Å². The third-order valence-electron chi connectivity index (χ3n) is 3.04. The largest absolute Gasteiger partial charge is 0.456 e. The number of carbonyl (C=O) groups excluding carboxylic acids is 1. The molecule has 6 nitrogen and oxygen atoms in total. The van der Waals surface area contributed by atoms with Crippen LogP contribution in [0.15, 0.2) is 61.1 Å². The average molecular weight is 341 g/mol. The lowest BCUT2D eigenvalue weighted by atomic mass is 10.2. The minimum absolute atomic E-state index is 0.120. The molecular formula is C17H13ClN4O2. The molecule has 0 fully saturated rings. The van der Waals surface area contributed by atoms with Crippen molar-refractivity contribution < 1.29 is 9.53 Å². The van der Waals surface area contributed by atoms with E-state index < -0.39 is 5.97 Å². The minimum atomic E-state index is -0.486. The van der Waals surface area contributed by atoms with Crippen LogP contribution in [0.25, 0.3) is 17.6 Å². The van der Waals surface area contributed by atoms with E-state index >= 15 is 0 Å². The fourth-order valence-electron chi connectivity index (χ4n) is 1.92. The van der Waals surface area contributed by atoms with Crippen molar-refractivity contribution in [3.05, 3.63) is 71.8 Å². The first kappa shape index (κ1) is 15.9. The van der Waals surface area contributed by atoms with Gasteiger partial charge in [-0.05, 0) is 24.3 Å². The van der Waals surface area contributed by atoms with Crippen molar-refractivity contribution >= 4 is 23.8 Å². The van der Waals surface area contributed by atoms with E-state index in [0.29, 0.717) is 16.5 Å². The van der Waals surface area contributed by atoms with Crippen LogP contribution in [0.1, 0.15) is 5.69 Å². The van der Waals surface area contributed by atoms with Crippen LogP contribution in [-0.4, -0.2) is 25.7 Å². The van der Waals surface area contributed by atoms with E-state index in [1.54, 1.807) is 30.5 Å². The van der Waals surface area contributed by atoms with Crippen molar-refractivity contribution in [2.75, 3.05) is 0 Å². The summed E-state index contributed by atoms with van der Waals surface area (Å²) >= 11 is 5.95. The number of hydrogen-bond acceptors (Lipinski definition) is 5. The summed E-state index contributed by atoms with van der Waals surface area (Å²) < 4.78 is 6.52. The van der Waals surface area contributed by atoms with Gasteiger partial charge in [-0.25, -0.2) is 14.5 Å². The molecular weight excluding hydrogens is 328 g/mol. The Morgan fingerprint density at radius 2 is 2.12 bits per heavy atom. The molecule has 0 unspecified atom stereocenters. The van der Waals surface area contributed by atoms with Crippen LogP contribution >= 0.6 is 11.6 Å². The highest BCUT2D eigenvalue weighted by atomic mass is 35.5. The number of esters is 1. The van der Waals surface area contributed by atoms with E-state index in [1.165, 1.54) is 23.3 Å². The van der Waals surface area contributed by atoms with Gasteiger partial charge in [0.1, 0.15) is 12.9 Å². The van der Waals surface area contributed by atoms with E-state index in [2.05, 4.69) is 15.1 Å². The maximum atomic E-state index is 11.7. The lowest BCUT2D eigenvalue weighted by Crippen LogP contribution is -2.02. The van der Waals surface area contributed by atoms with Gasteiger partial charge in [-0.2, -0.15) is 0 Å². The number of nitrogens with zero attached hydrogens (tertiary/aromatic N) is 4. The molecule has 120 valence electrons. The van der Waals surface area contributed by atoms with Gasteiger partial charge in [-0.15, -0.1) is 5.10 Å². The summed E-state index contributed by atoms with van der Waals surface area (Å²) in [5.41, 5.74) is 1.48. The van der Waals surface area contributed by atoms with Crippen molar-refractivity contribution in [2.45, 2.75) is 6.61 Å². The highest BCUT2D eigenvalue weighted by Crippen LogP contribution is 2.18. The molecule has 1 aromatic carbocycles. The Morgan fingerprint density at radius 1 is 1.21 bits per heavy atom. The number of hydrogen-bond donors (Lipinski definition) is 0. The topological polar surface area (TPSA) is 69.9 Å². The highest BCUT2D eigenvalue weighted by molar-refractivity contribution is 6.30. The van der Waals surface area contributed by atoms with Gasteiger partial charge in [0.25, 0.3) is 0 Å². The molecule has 0 N–H and O–H groups in total. The Morgan fingerprint density at radius 3 is 2.92 bits per heavy atom. The summed E-state index contributed by atoms with van der Waals surface area (Å²) in [6, 6.07) is 12.6. The van der Waals surface area contributed by atoms with Crippen molar-refractivity contribution in [1.29, 1.82) is 0 Å². The Kier molecular flexibility index (Phi) is 4.98. The first-order chi connectivity index (χ1) is 11.7. The standard InChI is InChI=1S/C17H13ClN4O2/c18-14-5-3-4-13(10-14)17-20-12-22(21-17)9-7-16(23)24-11-15-6-1-2-8-19-15/h1-10,12H,11H2/b9-7+. The minimum Gasteiger partial charge on any atom is -0.456 e. The number of halogens is 1. The SMILES string of the molecule is O=C(/C=C/n1cnc(-c2cccc(Cl)c2)n1)OCc1ccccn1. The molecule has 0 saturated heterocycles. The number of pyridine rings is 1. The molecule has 0 bridgehead atoms. The molecule has 0 aliphatic heterocycles. The number of rotatable bonds is 5. The number of carbonyl (C=O) groups is 1. The number of ether oxygens (including phenoxy) is 1. The number of aromatic nitrogens is 4. The molecule has 24 heavy (non-hydrogen) atoms. The molecule has 0 atom stereocenters. The second kappa shape index (κ2) is 7.52. The van der Waals surface area contributed by atoms with Crippen LogP contribution in [0.2, 0.25) is 5.02 Å². The molecule has 2 heterocycles. The zero-order valence-electron chi connectivity index (χ0n) is 12.5. The lowest BCUT2D eigenvalue weighted by molar-refractivity contribution is -0.139. The van der Waals surface area contributed by atoms with Gasteiger partial charge in [0.15, 0.2) is 5.82 Å². The molecule has 3 aromatic rings. The van der Waals surface area contributed by atoms with Crippen molar-refractivity contribution in [2.24, 2.45) is 0 Å². The average Bonchev–Trinajstić information content (AvgIpc) is 3.08. The molecule has 0 aliphatic carbocycles. The first-order valence-electron chi connectivity index (χ1n) is 7.13. The lowest BCUT2D eigenvalue weighted by Gasteiger charge is -2.00. The summed E-state index contributed by atoms with van der Waals surface area (Å²) in [5, 5.41) is 4.86. The third kappa shape index (κ3) is 4.27. The van der Waals surface area contributed by atoms with Gasteiger partial charge in [0, 0.05) is 29.1 Å². The fourth-order valence-corrected chi connectivity index (χ4v) is 2.11. The maximum absolute atomic E-state index is 11.7. The van der Waals surface area contributed by atoms with Gasteiger partial charge < -0.3 is 4.74 Å². The predicted octanol–water partition coefficient (Wildman–Crippen LogP) is 3.21. The summed E-state index contributed by atoms with van der Waals surface area (Å²) in [4.78, 5) is 19.9. The van der Waals surface area contributed by atoms with E-state index in [-0.39, 0.29) is 6.61 Å². The molecule has 0 amide bonds. The van der Waals surface area contributed by atoms with Crippen LogP contribution < -0.4 is 0 Å². The molecule has 7 heteroatoms. The van der Waals surface area contributed by atoms with Gasteiger partial charge in [0.05, 0.1) is 5.69 Å². The summed E-state index contributed by atoms with van der Waals surface area (Å²) in [6.07, 6.45) is 5.89. The summed E-state index contributed by atoms with van der Waals surface area (Å²) in [5.74, 6) is 0.0319. The van der Waals surface area contributed by atoms with Crippen molar-refractivity contribution in [3.63, 3.8) is 0 Å². The second-order valence-electron chi connectivity index (χ2n) is 4.80. The van der Waals surface area contributed by atoms with Gasteiger partial charge >= 0.3 is 5.97 Å². The van der Waals surface area contributed by atoms with E-state index in [1.807, 2.05) is 18.2 Å². The number of benzene rings is 1. The van der Waals surface area contributed by atoms with Crippen LogP contribution in [0.5, 0.6) is 0 Å². The van der Waals surface area contributed by atoms with Crippen LogP contribution in [0.3, 0.4) is 0 Å². The highest BCUT2D eigenvalue weighted by Gasteiger charge is 2.04. The van der Waals surface area contributed by atoms with Gasteiger partial charge in [0.2, 0.25) is 0 Å². The fraction of sp³-hybridized carbons (Fsp3) is 0.0588. The normalized spacial score (nSPS) is 10.9. The van der Waals surface area contributed by atoms with Crippen LogP contribution in [0, 0.1) is 0 Å². The molecule has 2 aromatic heterocycles. The van der Waals surface area contributed by atoms with Gasteiger partial charge in [-0.3, -0.25) is 4.98 Å². The maximum Gasteiger partial charge on any atom is 0.332 e. The van der Waals surface area contributed by atoms with Crippen molar-refractivity contribution in [1.82, 2.24) is 19.7 Å². The monoisotopic (exact) mass is 340 g/mol. The molecule has 3 rings (SSSR count). The zero-order valence-corrected chi connectivity index (χ0v) is 13.3.